The fourth-order valence-electron chi connectivity index (χ4n) is 2.25. The molecule has 4 nitrogen and oxygen atoms in total. The van der Waals surface area contributed by atoms with Gasteiger partial charge in [-0.3, -0.25) is 9.69 Å². The van der Waals surface area contributed by atoms with Crippen molar-refractivity contribution in [1.29, 1.82) is 0 Å². The molecule has 20 heavy (non-hydrogen) atoms. The number of likely N-dealkylation sites (N-methyl/N-ethyl adjacent to an activating group) is 1. The second-order valence-electron chi connectivity index (χ2n) is 4.88. The number of amides is 1. The quantitative estimate of drug-likeness (QED) is 0.910. The number of piperazine rings is 1. The molecule has 0 unspecified atom stereocenters. The van der Waals surface area contributed by atoms with E-state index in [4.69, 9.17) is 0 Å². The van der Waals surface area contributed by atoms with Crippen molar-refractivity contribution >= 4 is 11.6 Å². The van der Waals surface area contributed by atoms with Gasteiger partial charge in [0.15, 0.2) is 0 Å². The molecule has 110 valence electrons. The Labute approximate surface area is 117 Å². The van der Waals surface area contributed by atoms with Gasteiger partial charge in [-0.05, 0) is 18.7 Å². The Morgan fingerprint density at radius 3 is 2.45 bits per heavy atom. The monoisotopic (exact) mass is 283 g/mol. The summed E-state index contributed by atoms with van der Waals surface area (Å²) in [7, 11) is 0. The van der Waals surface area contributed by atoms with E-state index in [0.717, 1.165) is 44.9 Å². The Morgan fingerprint density at radius 1 is 1.20 bits per heavy atom. The molecule has 0 bridgehead atoms. The van der Waals surface area contributed by atoms with E-state index in [1.54, 1.807) is 0 Å². The first kappa shape index (κ1) is 14.9. The number of benzene rings is 1. The fraction of sp³-hybridized carbons (Fsp3) is 0.500. The summed E-state index contributed by atoms with van der Waals surface area (Å²) in [5.74, 6) is -1.69. The van der Waals surface area contributed by atoms with E-state index in [-0.39, 0.29) is 18.1 Å². The van der Waals surface area contributed by atoms with Gasteiger partial charge in [0.2, 0.25) is 5.91 Å². The SMILES string of the molecule is CCN1CCN(CC(=O)Nc2ccc(F)cc2F)CC1. The van der Waals surface area contributed by atoms with Crippen LogP contribution >= 0.6 is 0 Å². The average Bonchev–Trinajstić information content (AvgIpc) is 2.43. The molecule has 0 aliphatic carbocycles. The molecule has 0 spiro atoms. The lowest BCUT2D eigenvalue weighted by Crippen LogP contribution is -2.48. The second-order valence-corrected chi connectivity index (χ2v) is 4.88. The van der Waals surface area contributed by atoms with Crippen molar-refractivity contribution in [3.63, 3.8) is 0 Å². The molecule has 0 radical (unpaired) electrons. The first-order chi connectivity index (χ1) is 9.58. The third-order valence-electron chi connectivity index (χ3n) is 3.48. The van der Waals surface area contributed by atoms with Gasteiger partial charge in [0.25, 0.3) is 0 Å². The Hall–Kier alpha value is -1.53. The predicted molar refractivity (Wildman–Crippen MR) is 73.5 cm³/mol. The van der Waals surface area contributed by atoms with E-state index in [0.29, 0.717) is 0 Å². The third kappa shape index (κ3) is 3.98. The highest BCUT2D eigenvalue weighted by Gasteiger charge is 2.18. The zero-order chi connectivity index (χ0) is 14.5. The highest BCUT2D eigenvalue weighted by Crippen LogP contribution is 2.14. The zero-order valence-corrected chi connectivity index (χ0v) is 11.5. The van der Waals surface area contributed by atoms with Crippen LogP contribution in [-0.4, -0.2) is 55.0 Å². The van der Waals surface area contributed by atoms with Crippen molar-refractivity contribution in [3.05, 3.63) is 29.8 Å². The number of hydrogen-bond donors (Lipinski definition) is 1. The van der Waals surface area contributed by atoms with Crippen molar-refractivity contribution in [2.45, 2.75) is 6.92 Å². The predicted octanol–water partition coefficient (Wildman–Crippen LogP) is 1.54. The van der Waals surface area contributed by atoms with Gasteiger partial charge in [-0.2, -0.15) is 0 Å². The van der Waals surface area contributed by atoms with Gasteiger partial charge in [-0.25, -0.2) is 8.78 Å². The Balaban J connectivity index is 1.84. The normalized spacial score (nSPS) is 17.1. The Morgan fingerprint density at radius 2 is 1.85 bits per heavy atom. The van der Waals surface area contributed by atoms with E-state index in [2.05, 4.69) is 17.1 Å². The molecule has 0 saturated carbocycles. The lowest BCUT2D eigenvalue weighted by atomic mass is 10.3. The number of nitrogens with zero attached hydrogens (tertiary/aromatic N) is 2. The highest BCUT2D eigenvalue weighted by atomic mass is 19.1. The van der Waals surface area contributed by atoms with Crippen LogP contribution in [-0.2, 0) is 4.79 Å². The average molecular weight is 283 g/mol. The first-order valence-corrected chi connectivity index (χ1v) is 6.78. The minimum Gasteiger partial charge on any atom is -0.322 e. The molecule has 2 rings (SSSR count). The Bertz CT molecular complexity index is 473. The number of carbonyl (C=O) groups is 1. The maximum atomic E-state index is 13.4. The van der Waals surface area contributed by atoms with Gasteiger partial charge >= 0.3 is 0 Å². The number of carbonyl (C=O) groups excluding carboxylic acids is 1. The maximum Gasteiger partial charge on any atom is 0.238 e. The number of halogens is 2. The molecule has 1 heterocycles. The maximum absolute atomic E-state index is 13.4. The van der Waals surface area contributed by atoms with Gasteiger partial charge in [0, 0.05) is 32.2 Å². The molecule has 0 aromatic heterocycles. The lowest BCUT2D eigenvalue weighted by Gasteiger charge is -2.33. The third-order valence-corrected chi connectivity index (χ3v) is 3.48. The van der Waals surface area contributed by atoms with Gasteiger partial charge < -0.3 is 10.2 Å². The molecule has 1 aliphatic rings. The van der Waals surface area contributed by atoms with Gasteiger partial charge in [-0.15, -0.1) is 0 Å². The van der Waals surface area contributed by atoms with Crippen molar-refractivity contribution < 1.29 is 13.6 Å². The topological polar surface area (TPSA) is 35.6 Å². The molecule has 1 aromatic rings. The van der Waals surface area contributed by atoms with Crippen LogP contribution in [0.3, 0.4) is 0 Å². The summed E-state index contributed by atoms with van der Waals surface area (Å²) < 4.78 is 26.2. The number of rotatable bonds is 4. The van der Waals surface area contributed by atoms with Gasteiger partial charge in [0.1, 0.15) is 11.6 Å². The number of anilines is 1. The molecule has 1 saturated heterocycles. The summed E-state index contributed by atoms with van der Waals surface area (Å²) in [6, 6.07) is 3.12. The van der Waals surface area contributed by atoms with Crippen LogP contribution in [0.4, 0.5) is 14.5 Å². The summed E-state index contributed by atoms with van der Waals surface area (Å²) in [5, 5.41) is 2.47. The number of nitrogens with one attached hydrogen (secondary N) is 1. The van der Waals surface area contributed by atoms with Crippen LogP contribution in [0.5, 0.6) is 0 Å². The standard InChI is InChI=1S/C14H19F2N3O/c1-2-18-5-7-19(8-6-18)10-14(20)17-13-4-3-11(15)9-12(13)16/h3-4,9H,2,5-8,10H2,1H3,(H,17,20). The zero-order valence-electron chi connectivity index (χ0n) is 11.5. The lowest BCUT2D eigenvalue weighted by molar-refractivity contribution is -0.117. The Kier molecular flexibility index (Phi) is 5.03. The van der Waals surface area contributed by atoms with Crippen molar-refractivity contribution in [1.82, 2.24) is 9.80 Å². The van der Waals surface area contributed by atoms with Crippen molar-refractivity contribution in [3.8, 4) is 0 Å². The summed E-state index contributed by atoms with van der Waals surface area (Å²) >= 11 is 0. The molecule has 1 amide bonds. The van der Waals surface area contributed by atoms with Crippen LogP contribution in [0, 0.1) is 11.6 Å². The van der Waals surface area contributed by atoms with Gasteiger partial charge in [-0.1, -0.05) is 6.92 Å². The molecule has 1 aromatic carbocycles. The van der Waals surface area contributed by atoms with E-state index < -0.39 is 11.6 Å². The minimum atomic E-state index is -0.755. The van der Waals surface area contributed by atoms with Crippen LogP contribution in [0.2, 0.25) is 0 Å². The summed E-state index contributed by atoms with van der Waals surface area (Å²) in [4.78, 5) is 16.2. The molecular formula is C14H19F2N3O. The first-order valence-electron chi connectivity index (χ1n) is 6.78. The van der Waals surface area contributed by atoms with Crippen molar-refractivity contribution in [2.75, 3.05) is 44.6 Å². The summed E-state index contributed by atoms with van der Waals surface area (Å²) in [6.07, 6.45) is 0. The summed E-state index contributed by atoms with van der Waals surface area (Å²) in [5.41, 5.74) is 0.0172. The van der Waals surface area contributed by atoms with E-state index in [1.807, 2.05) is 4.90 Å². The van der Waals surface area contributed by atoms with Crippen molar-refractivity contribution in [2.24, 2.45) is 0 Å². The molecule has 0 atom stereocenters. The molecule has 1 N–H and O–H groups in total. The molecular weight excluding hydrogens is 264 g/mol. The van der Waals surface area contributed by atoms with Crippen LogP contribution in [0.25, 0.3) is 0 Å². The van der Waals surface area contributed by atoms with Crippen LogP contribution < -0.4 is 5.32 Å². The smallest absolute Gasteiger partial charge is 0.238 e. The molecule has 1 fully saturated rings. The number of hydrogen-bond acceptors (Lipinski definition) is 3. The highest BCUT2D eigenvalue weighted by molar-refractivity contribution is 5.92. The molecule has 6 heteroatoms. The largest absolute Gasteiger partial charge is 0.322 e. The van der Waals surface area contributed by atoms with E-state index in [9.17, 15) is 13.6 Å². The minimum absolute atomic E-state index is 0.0172. The van der Waals surface area contributed by atoms with Gasteiger partial charge in [0.05, 0.1) is 12.2 Å². The van der Waals surface area contributed by atoms with Crippen LogP contribution in [0.1, 0.15) is 6.92 Å². The summed E-state index contributed by atoms with van der Waals surface area (Å²) in [6.45, 7) is 6.89. The second kappa shape index (κ2) is 6.76. The van der Waals surface area contributed by atoms with Crippen LogP contribution in [0.15, 0.2) is 18.2 Å². The molecule has 1 aliphatic heterocycles. The fourth-order valence-corrected chi connectivity index (χ4v) is 2.25. The van der Waals surface area contributed by atoms with E-state index >= 15 is 0 Å². The van der Waals surface area contributed by atoms with E-state index in [1.165, 1.54) is 6.07 Å².